The second kappa shape index (κ2) is 14.0. The Bertz CT molecular complexity index is 432. The van der Waals surface area contributed by atoms with E-state index in [1.54, 1.807) is 11.3 Å². The van der Waals surface area contributed by atoms with Crippen LogP contribution in [0, 0.1) is 0 Å². The van der Waals surface area contributed by atoms with Gasteiger partial charge in [0.15, 0.2) is 5.96 Å². The normalized spacial score (nSPS) is 11.4. The van der Waals surface area contributed by atoms with Gasteiger partial charge in [-0.3, -0.25) is 4.99 Å². The molecule has 0 unspecified atom stereocenters. The van der Waals surface area contributed by atoms with E-state index in [2.05, 4.69) is 46.3 Å². The summed E-state index contributed by atoms with van der Waals surface area (Å²) < 4.78 is 0. The molecule has 0 saturated heterocycles. The standard InChI is InChI=1S/C16H31N5S.HI/c1-5-14-13-20-15(22-14)9-11-19-16(17-4)18-10-8-12-21(6-2)7-3;/h13H,5-12H2,1-4H3,(H2,17,18,19);1H. The van der Waals surface area contributed by atoms with Gasteiger partial charge in [-0.05, 0) is 32.5 Å². The lowest BCUT2D eigenvalue weighted by atomic mass is 10.3. The lowest BCUT2D eigenvalue weighted by Gasteiger charge is -2.18. The van der Waals surface area contributed by atoms with Crippen LogP contribution in [0.2, 0.25) is 0 Å². The maximum Gasteiger partial charge on any atom is 0.190 e. The molecule has 1 rings (SSSR count). The zero-order chi connectivity index (χ0) is 16.2. The molecule has 1 aromatic rings. The van der Waals surface area contributed by atoms with Crippen LogP contribution in [-0.2, 0) is 12.8 Å². The van der Waals surface area contributed by atoms with Gasteiger partial charge in [-0.2, -0.15) is 0 Å². The van der Waals surface area contributed by atoms with Gasteiger partial charge in [0.05, 0.1) is 5.01 Å². The summed E-state index contributed by atoms with van der Waals surface area (Å²) in [6.07, 6.45) is 5.14. The van der Waals surface area contributed by atoms with Gasteiger partial charge >= 0.3 is 0 Å². The number of aryl methyl sites for hydroxylation is 1. The number of aromatic nitrogens is 1. The summed E-state index contributed by atoms with van der Waals surface area (Å²) in [7, 11) is 1.82. The number of guanidine groups is 1. The summed E-state index contributed by atoms with van der Waals surface area (Å²) in [5.41, 5.74) is 0. The van der Waals surface area contributed by atoms with Crippen LogP contribution in [-0.4, -0.2) is 55.6 Å². The van der Waals surface area contributed by atoms with Crippen molar-refractivity contribution in [1.82, 2.24) is 20.5 Å². The summed E-state index contributed by atoms with van der Waals surface area (Å²) in [5, 5.41) is 7.92. The average Bonchev–Trinajstić information content (AvgIpc) is 3.01. The summed E-state index contributed by atoms with van der Waals surface area (Å²) in [4.78, 5) is 12.5. The van der Waals surface area contributed by atoms with Crippen LogP contribution >= 0.6 is 35.3 Å². The lowest BCUT2D eigenvalue weighted by molar-refractivity contribution is 0.300. The van der Waals surface area contributed by atoms with Crippen LogP contribution in [0.25, 0.3) is 0 Å². The van der Waals surface area contributed by atoms with Crippen LogP contribution in [0.3, 0.4) is 0 Å². The van der Waals surface area contributed by atoms with E-state index in [9.17, 15) is 0 Å². The number of rotatable bonds is 10. The molecule has 0 spiro atoms. The maximum atomic E-state index is 4.44. The quantitative estimate of drug-likeness (QED) is 0.248. The Balaban J connectivity index is 0.00000484. The number of hydrogen-bond acceptors (Lipinski definition) is 4. The topological polar surface area (TPSA) is 52.6 Å². The molecule has 0 aliphatic heterocycles. The molecule has 2 N–H and O–H groups in total. The molecule has 0 aliphatic rings. The van der Waals surface area contributed by atoms with E-state index < -0.39 is 0 Å². The third-order valence-corrected chi connectivity index (χ3v) is 4.84. The van der Waals surface area contributed by atoms with Crippen molar-refractivity contribution in [2.45, 2.75) is 40.0 Å². The van der Waals surface area contributed by atoms with Crippen molar-refractivity contribution in [3.8, 4) is 0 Å². The molecule has 1 aromatic heterocycles. The number of halogens is 1. The SMILES string of the molecule is CCc1cnc(CCNC(=NC)NCCCN(CC)CC)s1.I. The fraction of sp³-hybridized carbons (Fsp3) is 0.750. The average molecular weight is 453 g/mol. The van der Waals surface area contributed by atoms with Crippen LogP contribution in [0.5, 0.6) is 0 Å². The molecule has 0 aliphatic carbocycles. The number of nitrogens with zero attached hydrogens (tertiary/aromatic N) is 3. The molecule has 0 bridgehead atoms. The second-order valence-electron chi connectivity index (χ2n) is 5.13. The Morgan fingerprint density at radius 1 is 1.22 bits per heavy atom. The highest BCUT2D eigenvalue weighted by Crippen LogP contribution is 2.13. The fourth-order valence-corrected chi connectivity index (χ4v) is 3.05. The van der Waals surface area contributed by atoms with E-state index in [0.29, 0.717) is 0 Å². The van der Waals surface area contributed by atoms with Crippen molar-refractivity contribution in [3.63, 3.8) is 0 Å². The Morgan fingerprint density at radius 3 is 2.48 bits per heavy atom. The van der Waals surface area contributed by atoms with Gasteiger partial charge in [0.2, 0.25) is 0 Å². The molecule has 0 aromatic carbocycles. The van der Waals surface area contributed by atoms with Crippen molar-refractivity contribution >= 4 is 41.3 Å². The Morgan fingerprint density at radius 2 is 1.91 bits per heavy atom. The van der Waals surface area contributed by atoms with Crippen molar-refractivity contribution in [3.05, 3.63) is 16.1 Å². The van der Waals surface area contributed by atoms with Gasteiger partial charge in [-0.25, -0.2) is 4.98 Å². The zero-order valence-electron chi connectivity index (χ0n) is 14.9. The molecule has 0 atom stereocenters. The molecule has 0 saturated carbocycles. The molecule has 134 valence electrons. The van der Waals surface area contributed by atoms with Gasteiger partial charge in [-0.1, -0.05) is 20.8 Å². The monoisotopic (exact) mass is 453 g/mol. The Hall–Kier alpha value is -0.410. The largest absolute Gasteiger partial charge is 0.356 e. The fourth-order valence-electron chi connectivity index (χ4n) is 2.18. The molecular formula is C16H32IN5S. The number of nitrogens with one attached hydrogen (secondary N) is 2. The van der Waals surface area contributed by atoms with E-state index in [1.165, 1.54) is 9.88 Å². The first-order chi connectivity index (χ1) is 10.7. The van der Waals surface area contributed by atoms with Crippen LogP contribution in [0.4, 0.5) is 0 Å². The highest BCUT2D eigenvalue weighted by molar-refractivity contribution is 14.0. The minimum atomic E-state index is 0. The molecule has 1 heterocycles. The summed E-state index contributed by atoms with van der Waals surface area (Å²) in [6, 6.07) is 0. The van der Waals surface area contributed by atoms with Crippen molar-refractivity contribution in [1.29, 1.82) is 0 Å². The predicted molar refractivity (Wildman–Crippen MR) is 112 cm³/mol. The van der Waals surface area contributed by atoms with Crippen molar-refractivity contribution < 1.29 is 0 Å². The molecule has 0 amide bonds. The molecule has 0 fully saturated rings. The van der Waals surface area contributed by atoms with E-state index >= 15 is 0 Å². The Labute approximate surface area is 162 Å². The predicted octanol–water partition coefficient (Wildman–Crippen LogP) is 2.76. The van der Waals surface area contributed by atoms with Crippen molar-refractivity contribution in [2.75, 3.05) is 39.8 Å². The van der Waals surface area contributed by atoms with Crippen LogP contribution in [0.1, 0.15) is 37.1 Å². The first-order valence-corrected chi connectivity index (χ1v) is 9.15. The van der Waals surface area contributed by atoms with Gasteiger partial charge in [0.1, 0.15) is 0 Å². The van der Waals surface area contributed by atoms with Gasteiger partial charge in [0, 0.05) is 37.6 Å². The maximum absolute atomic E-state index is 4.44. The summed E-state index contributed by atoms with van der Waals surface area (Å²) in [5.74, 6) is 0.881. The molecule has 7 heteroatoms. The minimum Gasteiger partial charge on any atom is -0.356 e. The van der Waals surface area contributed by atoms with Crippen molar-refractivity contribution in [2.24, 2.45) is 4.99 Å². The third-order valence-electron chi connectivity index (χ3n) is 3.64. The summed E-state index contributed by atoms with van der Waals surface area (Å²) in [6.45, 7) is 11.8. The molecule has 5 nitrogen and oxygen atoms in total. The van der Waals surface area contributed by atoms with E-state index in [4.69, 9.17) is 0 Å². The van der Waals surface area contributed by atoms with Gasteiger partial charge < -0.3 is 15.5 Å². The van der Waals surface area contributed by atoms with Crippen LogP contribution in [0.15, 0.2) is 11.2 Å². The molecule has 23 heavy (non-hydrogen) atoms. The zero-order valence-corrected chi connectivity index (χ0v) is 18.0. The Kier molecular flexibility index (Phi) is 13.7. The molecular weight excluding hydrogens is 421 g/mol. The number of thiazole rings is 1. The number of hydrogen-bond donors (Lipinski definition) is 2. The van der Waals surface area contributed by atoms with E-state index in [-0.39, 0.29) is 24.0 Å². The number of aliphatic imine (C=N–C) groups is 1. The van der Waals surface area contributed by atoms with Gasteiger partial charge in [0.25, 0.3) is 0 Å². The van der Waals surface area contributed by atoms with E-state index in [1.807, 2.05) is 13.2 Å². The first kappa shape index (κ1) is 22.6. The second-order valence-corrected chi connectivity index (χ2v) is 6.33. The molecule has 0 radical (unpaired) electrons. The summed E-state index contributed by atoms with van der Waals surface area (Å²) >= 11 is 1.80. The van der Waals surface area contributed by atoms with E-state index in [0.717, 1.165) is 57.9 Å². The highest BCUT2D eigenvalue weighted by Gasteiger charge is 2.02. The minimum absolute atomic E-state index is 0. The lowest BCUT2D eigenvalue weighted by Crippen LogP contribution is -2.39. The van der Waals surface area contributed by atoms with Gasteiger partial charge in [-0.15, -0.1) is 35.3 Å². The smallest absolute Gasteiger partial charge is 0.190 e. The highest BCUT2D eigenvalue weighted by atomic mass is 127. The van der Waals surface area contributed by atoms with Crippen LogP contribution < -0.4 is 10.6 Å². The third kappa shape index (κ3) is 9.46. The first-order valence-electron chi connectivity index (χ1n) is 8.33.